The molecule has 1 amide bonds. The summed E-state index contributed by atoms with van der Waals surface area (Å²) in [6.45, 7) is 2.05. The quantitative estimate of drug-likeness (QED) is 0.652. The first-order valence-corrected chi connectivity index (χ1v) is 8.86. The van der Waals surface area contributed by atoms with E-state index in [0.29, 0.717) is 22.7 Å². The van der Waals surface area contributed by atoms with Gasteiger partial charge in [0.2, 0.25) is 5.91 Å². The molecule has 27 heavy (non-hydrogen) atoms. The van der Waals surface area contributed by atoms with Crippen LogP contribution in [0.25, 0.3) is 11.3 Å². The highest BCUT2D eigenvalue weighted by Crippen LogP contribution is 2.30. The van der Waals surface area contributed by atoms with E-state index in [2.05, 4.69) is 15.5 Å². The second kappa shape index (κ2) is 8.49. The maximum atomic E-state index is 13.6. The zero-order chi connectivity index (χ0) is 19.2. The summed E-state index contributed by atoms with van der Waals surface area (Å²) >= 11 is 0. The van der Waals surface area contributed by atoms with E-state index in [-0.39, 0.29) is 18.1 Å². The van der Waals surface area contributed by atoms with Gasteiger partial charge < -0.3 is 10.1 Å². The number of benzene rings is 2. The Morgan fingerprint density at radius 1 is 1.22 bits per heavy atom. The van der Waals surface area contributed by atoms with Crippen molar-refractivity contribution >= 4 is 11.6 Å². The van der Waals surface area contributed by atoms with E-state index in [1.165, 1.54) is 12.1 Å². The van der Waals surface area contributed by atoms with Gasteiger partial charge in [-0.2, -0.15) is 5.10 Å². The van der Waals surface area contributed by atoms with Gasteiger partial charge in [-0.05, 0) is 36.2 Å². The molecular weight excluding hydrogens is 345 g/mol. The molecule has 0 aliphatic carbocycles. The van der Waals surface area contributed by atoms with Gasteiger partial charge in [0.1, 0.15) is 17.3 Å². The first-order valence-electron chi connectivity index (χ1n) is 8.86. The van der Waals surface area contributed by atoms with Gasteiger partial charge >= 0.3 is 0 Å². The third-order valence-corrected chi connectivity index (χ3v) is 4.20. The van der Waals surface area contributed by atoms with Crippen molar-refractivity contribution < 1.29 is 13.9 Å². The van der Waals surface area contributed by atoms with Gasteiger partial charge in [0.15, 0.2) is 0 Å². The smallest absolute Gasteiger partial charge is 0.228 e. The van der Waals surface area contributed by atoms with E-state index < -0.39 is 0 Å². The minimum Gasteiger partial charge on any atom is -0.497 e. The maximum Gasteiger partial charge on any atom is 0.228 e. The molecule has 0 aliphatic rings. The van der Waals surface area contributed by atoms with Crippen molar-refractivity contribution in [1.82, 2.24) is 10.2 Å². The number of anilines is 1. The number of carbonyl (C=O) groups excluding carboxylic acids is 1. The highest BCUT2D eigenvalue weighted by Gasteiger charge is 2.17. The number of nitrogens with zero attached hydrogens (tertiary/aromatic N) is 1. The topological polar surface area (TPSA) is 67.0 Å². The number of H-pyrrole nitrogens is 1. The molecule has 0 saturated heterocycles. The van der Waals surface area contributed by atoms with Crippen molar-refractivity contribution in [3.63, 3.8) is 0 Å². The second-order valence-corrected chi connectivity index (χ2v) is 6.26. The van der Waals surface area contributed by atoms with E-state index in [4.69, 9.17) is 4.74 Å². The summed E-state index contributed by atoms with van der Waals surface area (Å²) in [7, 11) is 1.59. The molecular formula is C21H22FN3O2. The number of ether oxygens (including phenoxy) is 1. The highest BCUT2D eigenvalue weighted by molar-refractivity contribution is 5.96. The molecule has 2 N–H and O–H groups in total. The van der Waals surface area contributed by atoms with Crippen LogP contribution >= 0.6 is 0 Å². The zero-order valence-electron chi connectivity index (χ0n) is 15.4. The third kappa shape index (κ3) is 4.53. The first-order chi connectivity index (χ1) is 13.1. The summed E-state index contributed by atoms with van der Waals surface area (Å²) in [5.41, 5.74) is 3.44. The van der Waals surface area contributed by atoms with Gasteiger partial charge in [-0.25, -0.2) is 4.39 Å². The van der Waals surface area contributed by atoms with Gasteiger partial charge in [-0.3, -0.25) is 9.89 Å². The number of aromatic nitrogens is 2. The van der Waals surface area contributed by atoms with Crippen molar-refractivity contribution in [2.45, 2.75) is 26.2 Å². The van der Waals surface area contributed by atoms with Crippen LogP contribution in [0.2, 0.25) is 0 Å². The van der Waals surface area contributed by atoms with Crippen LogP contribution in [0.4, 0.5) is 10.1 Å². The molecule has 0 bridgehead atoms. The largest absolute Gasteiger partial charge is 0.497 e. The van der Waals surface area contributed by atoms with E-state index in [0.717, 1.165) is 24.1 Å². The molecule has 6 heteroatoms. The van der Waals surface area contributed by atoms with Crippen molar-refractivity contribution in [2.75, 3.05) is 12.4 Å². The van der Waals surface area contributed by atoms with Gasteiger partial charge in [0.25, 0.3) is 0 Å². The normalized spacial score (nSPS) is 10.6. The van der Waals surface area contributed by atoms with Crippen LogP contribution in [0.15, 0.2) is 48.5 Å². The number of halogens is 1. The molecule has 0 fully saturated rings. The lowest BCUT2D eigenvalue weighted by molar-refractivity contribution is -0.115. The molecule has 0 radical (unpaired) electrons. The van der Waals surface area contributed by atoms with Crippen LogP contribution < -0.4 is 10.1 Å². The van der Waals surface area contributed by atoms with Crippen LogP contribution in [-0.4, -0.2) is 23.2 Å². The predicted molar refractivity (Wildman–Crippen MR) is 103 cm³/mol. The molecule has 0 unspecified atom stereocenters. The number of hydrogen-bond acceptors (Lipinski definition) is 3. The second-order valence-electron chi connectivity index (χ2n) is 6.26. The molecule has 0 aliphatic heterocycles. The molecule has 3 rings (SSSR count). The van der Waals surface area contributed by atoms with Crippen LogP contribution in [0.1, 0.15) is 24.6 Å². The Bertz CT molecular complexity index is 937. The number of hydrogen-bond donors (Lipinski definition) is 2. The van der Waals surface area contributed by atoms with Crippen LogP contribution in [0.5, 0.6) is 5.75 Å². The molecule has 1 heterocycles. The fourth-order valence-corrected chi connectivity index (χ4v) is 2.94. The molecule has 2 aromatic carbocycles. The fourth-order valence-electron chi connectivity index (χ4n) is 2.94. The standard InChI is InChI=1S/C21H22FN3O2/c1-3-6-18-21(20(25-24-18)15-8-5-9-16(22)13-15)23-19(26)12-14-7-4-10-17(11-14)27-2/h4-5,7-11,13H,3,6,12H2,1-2H3,(H,23,26)(H,24,25). The summed E-state index contributed by atoms with van der Waals surface area (Å²) in [5.74, 6) is 0.191. The lowest BCUT2D eigenvalue weighted by Gasteiger charge is -2.09. The number of aromatic amines is 1. The number of methoxy groups -OCH3 is 1. The molecule has 3 aromatic rings. The van der Waals surface area contributed by atoms with Crippen molar-refractivity contribution in [2.24, 2.45) is 0 Å². The number of carbonyl (C=O) groups is 1. The Morgan fingerprint density at radius 3 is 2.78 bits per heavy atom. The lowest BCUT2D eigenvalue weighted by atomic mass is 10.1. The van der Waals surface area contributed by atoms with E-state index in [1.54, 1.807) is 19.2 Å². The van der Waals surface area contributed by atoms with Gasteiger partial charge in [0, 0.05) is 5.56 Å². The Labute approximate surface area is 157 Å². The Hall–Kier alpha value is -3.15. The molecule has 0 atom stereocenters. The molecule has 0 spiro atoms. The SMILES string of the molecule is CCCc1[nH]nc(-c2cccc(F)c2)c1NC(=O)Cc1cccc(OC)c1. The number of rotatable bonds is 7. The third-order valence-electron chi connectivity index (χ3n) is 4.20. The van der Waals surface area contributed by atoms with Crippen LogP contribution in [-0.2, 0) is 17.6 Å². The van der Waals surface area contributed by atoms with E-state index in [9.17, 15) is 9.18 Å². The minimum absolute atomic E-state index is 0.167. The zero-order valence-corrected chi connectivity index (χ0v) is 15.4. The summed E-state index contributed by atoms with van der Waals surface area (Å²) in [4.78, 5) is 12.6. The molecule has 1 aromatic heterocycles. The van der Waals surface area contributed by atoms with E-state index in [1.807, 2.05) is 31.2 Å². The first kappa shape index (κ1) is 18.6. The predicted octanol–water partition coefficient (Wildman–Crippen LogP) is 4.36. The van der Waals surface area contributed by atoms with Crippen molar-refractivity contribution in [3.05, 3.63) is 65.6 Å². The average molecular weight is 367 g/mol. The fraction of sp³-hybridized carbons (Fsp3) is 0.238. The van der Waals surface area contributed by atoms with Crippen LogP contribution in [0.3, 0.4) is 0 Å². The van der Waals surface area contributed by atoms with Gasteiger partial charge in [0.05, 0.1) is 24.9 Å². The number of amides is 1. The van der Waals surface area contributed by atoms with Crippen LogP contribution in [0, 0.1) is 5.82 Å². The summed E-state index contributed by atoms with van der Waals surface area (Å²) < 4.78 is 18.8. The number of aryl methyl sites for hydroxylation is 1. The minimum atomic E-state index is -0.346. The molecule has 5 nitrogen and oxygen atoms in total. The van der Waals surface area contributed by atoms with Crippen molar-refractivity contribution in [1.29, 1.82) is 0 Å². The van der Waals surface area contributed by atoms with E-state index >= 15 is 0 Å². The highest BCUT2D eigenvalue weighted by atomic mass is 19.1. The van der Waals surface area contributed by atoms with Gasteiger partial charge in [-0.15, -0.1) is 0 Å². The Morgan fingerprint density at radius 2 is 2.04 bits per heavy atom. The average Bonchev–Trinajstić information content (AvgIpc) is 3.04. The number of nitrogens with one attached hydrogen (secondary N) is 2. The summed E-state index contributed by atoms with van der Waals surface area (Å²) in [5, 5.41) is 10.2. The molecule has 0 saturated carbocycles. The van der Waals surface area contributed by atoms with Crippen molar-refractivity contribution in [3.8, 4) is 17.0 Å². The Balaban J connectivity index is 1.86. The summed E-state index contributed by atoms with van der Waals surface area (Å²) in [6.07, 6.45) is 1.83. The monoisotopic (exact) mass is 367 g/mol. The Kier molecular flexibility index (Phi) is 5.86. The maximum absolute atomic E-state index is 13.6. The lowest BCUT2D eigenvalue weighted by Crippen LogP contribution is -2.15. The van der Waals surface area contributed by atoms with Gasteiger partial charge in [-0.1, -0.05) is 37.6 Å². The summed E-state index contributed by atoms with van der Waals surface area (Å²) in [6, 6.07) is 13.6. The molecule has 140 valence electrons.